The molecule has 43 heavy (non-hydrogen) atoms. The number of halogens is 3. The number of amidine groups is 2. The number of hydrogen-bond donors (Lipinski definition) is 4. The molecule has 3 aromatic carbocycles. The Morgan fingerprint density at radius 3 is 2.21 bits per heavy atom. The predicted octanol–water partition coefficient (Wildman–Crippen LogP) is 5.04. The molecule has 0 saturated heterocycles. The number of phenolic OH excluding ortho intramolecular Hbond substituents is 1. The zero-order valence-electron chi connectivity index (χ0n) is 22.5. The van der Waals surface area contributed by atoms with Gasteiger partial charge in [0.05, 0.1) is 12.6 Å². The second-order valence-electron chi connectivity index (χ2n) is 8.99. The molecule has 5 N–H and O–H groups in total. The van der Waals surface area contributed by atoms with Crippen LogP contribution in [0.1, 0.15) is 11.1 Å². The fourth-order valence-corrected chi connectivity index (χ4v) is 3.76. The number of aliphatic carboxylic acids is 1. The van der Waals surface area contributed by atoms with Gasteiger partial charge in [-0.25, -0.2) is 4.79 Å². The van der Waals surface area contributed by atoms with Crippen LogP contribution in [-0.4, -0.2) is 69.0 Å². The molecule has 0 radical (unpaired) electrons. The highest BCUT2D eigenvalue weighted by atomic mass is 19.4. The molecule has 222 valence electrons. The summed E-state index contributed by atoms with van der Waals surface area (Å²) in [5.74, 6) is -0.598. The molecular weight excluding hydrogens is 569 g/mol. The maximum atomic E-state index is 10.6. The predicted molar refractivity (Wildman–Crippen MR) is 151 cm³/mol. The first kappa shape index (κ1) is 30.3. The highest BCUT2D eigenvalue weighted by Gasteiger charge is 2.38. The summed E-state index contributed by atoms with van der Waals surface area (Å²) in [7, 11) is 2.01. The number of likely N-dealkylation sites (N-methyl/N-ethyl adjacent to an activating group) is 1. The number of carboxylic acids is 1. The Hall–Kier alpha value is -5.66. The van der Waals surface area contributed by atoms with E-state index in [2.05, 4.69) is 19.9 Å². The molecule has 0 amide bonds. The van der Waals surface area contributed by atoms with E-state index in [1.54, 1.807) is 0 Å². The number of aromatic hydroxyl groups is 1. The zero-order chi connectivity index (χ0) is 31.1. The number of alkyl halides is 3. The SMILES string of the molecule is CN1CCN=C1c1cccc(Oc2cc(Oc3cc(C(=N)N)ccc3O)nc(-c3ccccc3)n2)c1.O=C(O)C(F)(F)F. The summed E-state index contributed by atoms with van der Waals surface area (Å²) < 4.78 is 43.8. The van der Waals surface area contributed by atoms with Gasteiger partial charge >= 0.3 is 12.1 Å². The lowest BCUT2D eigenvalue weighted by molar-refractivity contribution is -0.192. The van der Waals surface area contributed by atoms with E-state index in [-0.39, 0.29) is 29.1 Å². The second kappa shape index (κ2) is 12.9. The molecule has 2 heterocycles. The average molecular weight is 595 g/mol. The van der Waals surface area contributed by atoms with Gasteiger partial charge in [-0.05, 0) is 30.3 Å². The molecule has 0 unspecified atom stereocenters. The summed E-state index contributed by atoms with van der Waals surface area (Å²) in [6.45, 7) is 1.65. The van der Waals surface area contributed by atoms with Crippen molar-refractivity contribution in [2.45, 2.75) is 6.18 Å². The summed E-state index contributed by atoms with van der Waals surface area (Å²) in [5, 5.41) is 25.1. The van der Waals surface area contributed by atoms with Gasteiger partial charge in [-0.3, -0.25) is 10.4 Å². The molecule has 1 aliphatic rings. The monoisotopic (exact) mass is 594 g/mol. The Morgan fingerprint density at radius 1 is 0.953 bits per heavy atom. The minimum Gasteiger partial charge on any atom is -0.504 e. The van der Waals surface area contributed by atoms with Crippen LogP contribution in [0, 0.1) is 5.41 Å². The summed E-state index contributed by atoms with van der Waals surface area (Å²) >= 11 is 0. The largest absolute Gasteiger partial charge is 0.504 e. The van der Waals surface area contributed by atoms with Crippen molar-refractivity contribution in [1.29, 1.82) is 5.41 Å². The van der Waals surface area contributed by atoms with Crippen LogP contribution in [0.2, 0.25) is 0 Å². The molecule has 11 nitrogen and oxygen atoms in total. The molecule has 5 rings (SSSR count). The van der Waals surface area contributed by atoms with E-state index in [9.17, 15) is 18.3 Å². The van der Waals surface area contributed by atoms with Crippen molar-refractivity contribution >= 4 is 17.6 Å². The van der Waals surface area contributed by atoms with Crippen LogP contribution in [0.3, 0.4) is 0 Å². The van der Waals surface area contributed by atoms with E-state index in [1.807, 2.05) is 61.6 Å². The van der Waals surface area contributed by atoms with Crippen molar-refractivity contribution in [3.63, 3.8) is 0 Å². The molecule has 0 aliphatic carbocycles. The van der Waals surface area contributed by atoms with Crippen LogP contribution < -0.4 is 15.2 Å². The number of nitrogen functional groups attached to an aromatic ring is 1. The molecule has 0 bridgehead atoms. The number of carboxylic acid groups (broad SMARTS) is 1. The summed E-state index contributed by atoms with van der Waals surface area (Å²) in [5.41, 5.74) is 7.72. The number of benzene rings is 3. The Morgan fingerprint density at radius 2 is 1.60 bits per heavy atom. The average Bonchev–Trinajstić information content (AvgIpc) is 3.40. The fourth-order valence-electron chi connectivity index (χ4n) is 3.76. The van der Waals surface area contributed by atoms with Gasteiger partial charge in [0.2, 0.25) is 11.8 Å². The third-order valence-electron chi connectivity index (χ3n) is 5.81. The molecular formula is C29H25F3N6O5. The van der Waals surface area contributed by atoms with Gasteiger partial charge < -0.3 is 30.3 Å². The van der Waals surface area contributed by atoms with Crippen LogP contribution in [0.5, 0.6) is 29.0 Å². The van der Waals surface area contributed by atoms with E-state index in [0.29, 0.717) is 17.1 Å². The number of hydrogen-bond acceptors (Lipinski definition) is 9. The van der Waals surface area contributed by atoms with E-state index in [0.717, 1.165) is 30.1 Å². The normalized spacial score (nSPS) is 12.6. The van der Waals surface area contributed by atoms with Crippen molar-refractivity contribution in [2.24, 2.45) is 10.7 Å². The topological polar surface area (TPSA) is 167 Å². The van der Waals surface area contributed by atoms with Crippen LogP contribution in [0.4, 0.5) is 13.2 Å². The molecule has 1 aliphatic heterocycles. The van der Waals surface area contributed by atoms with Crippen molar-refractivity contribution in [3.8, 4) is 40.4 Å². The molecule has 4 aromatic rings. The number of carbonyl (C=O) groups is 1. The Bertz CT molecular complexity index is 1660. The quantitative estimate of drug-likeness (QED) is 0.169. The third kappa shape index (κ3) is 7.97. The third-order valence-corrected chi connectivity index (χ3v) is 5.81. The molecule has 14 heteroatoms. The second-order valence-corrected chi connectivity index (χ2v) is 8.99. The van der Waals surface area contributed by atoms with E-state index < -0.39 is 12.1 Å². The smallest absolute Gasteiger partial charge is 0.490 e. The molecule has 0 saturated carbocycles. The lowest BCUT2D eigenvalue weighted by Gasteiger charge is -2.15. The minimum absolute atomic E-state index is 0.107. The maximum Gasteiger partial charge on any atom is 0.490 e. The van der Waals surface area contributed by atoms with Crippen LogP contribution in [-0.2, 0) is 4.79 Å². The maximum absolute atomic E-state index is 10.6. The van der Waals surface area contributed by atoms with Crippen LogP contribution in [0.15, 0.2) is 83.9 Å². The van der Waals surface area contributed by atoms with Crippen molar-refractivity contribution < 1.29 is 37.7 Å². The standard InChI is InChI=1S/C27H24N6O3.C2HF3O2/c1-33-13-12-30-27(33)19-8-5-9-20(14-19)35-23-16-24(32-26(31-23)17-6-3-2-4-7-17)36-22-15-18(25(28)29)10-11-21(22)34;3-2(4,5)1(6)7/h2-11,14-16,34H,12-13H2,1H3,(H3,28,29);(H,6,7). The zero-order valence-corrected chi connectivity index (χ0v) is 22.5. The number of aromatic nitrogens is 2. The number of aliphatic imine (C=N–C) groups is 1. The van der Waals surface area contributed by atoms with Gasteiger partial charge in [0.25, 0.3) is 0 Å². The van der Waals surface area contributed by atoms with Gasteiger partial charge in [0, 0.05) is 30.3 Å². The first-order chi connectivity index (χ1) is 20.4. The molecule has 1 aromatic heterocycles. The van der Waals surface area contributed by atoms with E-state index >= 15 is 0 Å². The number of ether oxygens (including phenoxy) is 2. The molecule has 0 spiro atoms. The molecule has 0 atom stereocenters. The van der Waals surface area contributed by atoms with Gasteiger partial charge in [-0.2, -0.15) is 23.1 Å². The van der Waals surface area contributed by atoms with Crippen molar-refractivity contribution in [2.75, 3.05) is 20.1 Å². The highest BCUT2D eigenvalue weighted by Crippen LogP contribution is 2.34. The summed E-state index contributed by atoms with van der Waals surface area (Å²) in [4.78, 5) is 24.7. The molecule has 0 fully saturated rings. The Labute approximate surface area is 243 Å². The summed E-state index contributed by atoms with van der Waals surface area (Å²) in [6.07, 6.45) is -5.08. The van der Waals surface area contributed by atoms with E-state index in [4.69, 9.17) is 30.5 Å². The lowest BCUT2D eigenvalue weighted by Crippen LogP contribution is -2.23. The number of phenols is 1. The van der Waals surface area contributed by atoms with E-state index in [1.165, 1.54) is 24.3 Å². The van der Waals surface area contributed by atoms with Crippen LogP contribution >= 0.6 is 0 Å². The fraction of sp³-hybridized carbons (Fsp3) is 0.138. The van der Waals surface area contributed by atoms with Crippen LogP contribution in [0.25, 0.3) is 11.4 Å². The Balaban J connectivity index is 0.000000541. The van der Waals surface area contributed by atoms with Gasteiger partial charge in [0.15, 0.2) is 17.3 Å². The van der Waals surface area contributed by atoms with Crippen molar-refractivity contribution in [3.05, 3.63) is 90.0 Å². The highest BCUT2D eigenvalue weighted by molar-refractivity contribution is 6.00. The van der Waals surface area contributed by atoms with Gasteiger partial charge in [0.1, 0.15) is 17.4 Å². The number of nitrogens with one attached hydrogen (secondary N) is 1. The lowest BCUT2D eigenvalue weighted by atomic mass is 10.2. The first-order valence-electron chi connectivity index (χ1n) is 12.5. The van der Waals surface area contributed by atoms with Gasteiger partial charge in [-0.1, -0.05) is 42.5 Å². The Kier molecular flexibility index (Phi) is 9.08. The first-order valence-corrected chi connectivity index (χ1v) is 12.5. The summed E-state index contributed by atoms with van der Waals surface area (Å²) in [6, 6.07) is 23.0. The minimum atomic E-state index is -5.08. The number of rotatable bonds is 7. The number of nitrogens with zero attached hydrogens (tertiary/aromatic N) is 4. The van der Waals surface area contributed by atoms with Gasteiger partial charge in [-0.15, -0.1) is 0 Å². The van der Waals surface area contributed by atoms with Crippen molar-refractivity contribution in [1.82, 2.24) is 14.9 Å². The number of nitrogens with two attached hydrogens (primary N) is 1.